The number of hydrogen-bond acceptors (Lipinski definition) is 3. The smallest absolute Gasteiger partial charge is 0.0531 e. The molecule has 3 N–H and O–H groups in total. The Morgan fingerprint density at radius 2 is 2.33 bits per heavy atom. The van der Waals surface area contributed by atoms with Crippen LogP contribution in [0.3, 0.4) is 0 Å². The van der Waals surface area contributed by atoms with E-state index in [1.165, 1.54) is 0 Å². The van der Waals surface area contributed by atoms with E-state index in [4.69, 9.17) is 5.73 Å². The SMILES string of the molecule is CC(C)(CN)Nc1cccnc1. The van der Waals surface area contributed by atoms with Gasteiger partial charge in [0.1, 0.15) is 0 Å². The summed E-state index contributed by atoms with van der Waals surface area (Å²) in [6.45, 7) is 4.71. The molecule has 0 unspecified atom stereocenters. The number of aromatic nitrogens is 1. The summed E-state index contributed by atoms with van der Waals surface area (Å²) in [7, 11) is 0. The highest BCUT2D eigenvalue weighted by atomic mass is 15.0. The van der Waals surface area contributed by atoms with Crippen LogP contribution < -0.4 is 11.1 Å². The van der Waals surface area contributed by atoms with Crippen LogP contribution in [0.1, 0.15) is 13.8 Å². The first-order chi connectivity index (χ1) is 5.64. The Labute approximate surface area is 73.0 Å². The summed E-state index contributed by atoms with van der Waals surface area (Å²) in [5.41, 5.74) is 6.51. The van der Waals surface area contributed by atoms with Crippen LogP contribution in [-0.2, 0) is 0 Å². The van der Waals surface area contributed by atoms with Crippen LogP contribution >= 0.6 is 0 Å². The molecule has 1 aromatic heterocycles. The zero-order valence-corrected chi connectivity index (χ0v) is 7.54. The highest BCUT2D eigenvalue weighted by Crippen LogP contribution is 2.11. The molecule has 0 fully saturated rings. The van der Waals surface area contributed by atoms with Crippen LogP contribution in [0.15, 0.2) is 24.5 Å². The molecule has 0 aromatic carbocycles. The van der Waals surface area contributed by atoms with Crippen LogP contribution in [0.2, 0.25) is 0 Å². The van der Waals surface area contributed by atoms with Crippen molar-refractivity contribution in [2.75, 3.05) is 11.9 Å². The fourth-order valence-electron chi connectivity index (χ4n) is 0.878. The minimum absolute atomic E-state index is 0.0664. The monoisotopic (exact) mass is 165 g/mol. The van der Waals surface area contributed by atoms with E-state index in [-0.39, 0.29) is 5.54 Å². The van der Waals surface area contributed by atoms with Crippen molar-refractivity contribution in [3.8, 4) is 0 Å². The van der Waals surface area contributed by atoms with Gasteiger partial charge in [-0.05, 0) is 26.0 Å². The van der Waals surface area contributed by atoms with Crippen LogP contribution in [0, 0.1) is 0 Å². The standard InChI is InChI=1S/C9H15N3/c1-9(2,7-10)12-8-4-3-5-11-6-8/h3-6,12H,7,10H2,1-2H3. The first-order valence-electron chi connectivity index (χ1n) is 4.02. The highest BCUT2D eigenvalue weighted by Gasteiger charge is 2.13. The zero-order chi connectivity index (χ0) is 9.03. The van der Waals surface area contributed by atoms with E-state index in [1.54, 1.807) is 12.4 Å². The summed E-state index contributed by atoms with van der Waals surface area (Å²) in [4.78, 5) is 4.00. The molecule has 3 nitrogen and oxygen atoms in total. The molecule has 0 saturated heterocycles. The van der Waals surface area contributed by atoms with Crippen LogP contribution in [0.4, 0.5) is 5.69 Å². The maximum Gasteiger partial charge on any atom is 0.0531 e. The Bertz CT molecular complexity index is 231. The van der Waals surface area contributed by atoms with Crippen molar-refractivity contribution in [1.82, 2.24) is 4.98 Å². The van der Waals surface area contributed by atoms with Crippen LogP contribution in [-0.4, -0.2) is 17.1 Å². The number of nitrogens with zero attached hydrogens (tertiary/aromatic N) is 1. The molecule has 1 heterocycles. The summed E-state index contributed by atoms with van der Waals surface area (Å²) in [6.07, 6.45) is 3.54. The fourth-order valence-corrected chi connectivity index (χ4v) is 0.878. The second-order valence-corrected chi connectivity index (χ2v) is 3.45. The van der Waals surface area contributed by atoms with Gasteiger partial charge < -0.3 is 11.1 Å². The number of rotatable bonds is 3. The van der Waals surface area contributed by atoms with Gasteiger partial charge in [-0.3, -0.25) is 4.98 Å². The summed E-state index contributed by atoms with van der Waals surface area (Å²) in [6, 6.07) is 3.87. The van der Waals surface area contributed by atoms with E-state index in [9.17, 15) is 0 Å². The molecule has 0 atom stereocenters. The zero-order valence-electron chi connectivity index (χ0n) is 7.54. The third-order valence-electron chi connectivity index (χ3n) is 1.65. The van der Waals surface area contributed by atoms with Gasteiger partial charge in [0, 0.05) is 24.5 Å². The summed E-state index contributed by atoms with van der Waals surface area (Å²) in [5.74, 6) is 0. The number of nitrogens with one attached hydrogen (secondary N) is 1. The molecule has 0 spiro atoms. The average Bonchev–Trinajstić information content (AvgIpc) is 2.06. The van der Waals surface area contributed by atoms with Gasteiger partial charge in [0.2, 0.25) is 0 Å². The van der Waals surface area contributed by atoms with Gasteiger partial charge in [-0.25, -0.2) is 0 Å². The average molecular weight is 165 g/mol. The summed E-state index contributed by atoms with van der Waals surface area (Å²) in [5, 5.41) is 3.28. The maximum absolute atomic E-state index is 5.57. The molecule has 0 amide bonds. The van der Waals surface area contributed by atoms with Crippen LogP contribution in [0.5, 0.6) is 0 Å². The first-order valence-corrected chi connectivity index (χ1v) is 4.02. The molecule has 1 aromatic rings. The molecule has 0 saturated carbocycles. The molecule has 0 radical (unpaired) electrons. The van der Waals surface area contributed by atoms with E-state index in [0.29, 0.717) is 6.54 Å². The Hall–Kier alpha value is -1.09. The van der Waals surface area contributed by atoms with Gasteiger partial charge >= 0.3 is 0 Å². The summed E-state index contributed by atoms with van der Waals surface area (Å²) < 4.78 is 0. The molecule has 0 aliphatic rings. The van der Waals surface area contributed by atoms with Crippen LogP contribution in [0.25, 0.3) is 0 Å². The first kappa shape index (κ1) is 9.00. The molecular formula is C9H15N3. The minimum atomic E-state index is -0.0664. The van der Waals surface area contributed by atoms with Crippen molar-refractivity contribution >= 4 is 5.69 Å². The lowest BCUT2D eigenvalue weighted by Crippen LogP contribution is -2.39. The predicted octanol–water partition coefficient (Wildman–Crippen LogP) is 1.23. The number of nitrogens with two attached hydrogens (primary N) is 1. The maximum atomic E-state index is 5.57. The van der Waals surface area contributed by atoms with Gasteiger partial charge in [-0.1, -0.05) is 0 Å². The molecular weight excluding hydrogens is 150 g/mol. The second-order valence-electron chi connectivity index (χ2n) is 3.45. The topological polar surface area (TPSA) is 50.9 Å². The second kappa shape index (κ2) is 3.54. The third kappa shape index (κ3) is 2.51. The summed E-state index contributed by atoms with van der Waals surface area (Å²) >= 11 is 0. The quantitative estimate of drug-likeness (QED) is 0.708. The lowest BCUT2D eigenvalue weighted by molar-refractivity contribution is 0.580. The molecule has 0 aliphatic heterocycles. The van der Waals surface area contributed by atoms with Crippen molar-refractivity contribution in [3.63, 3.8) is 0 Å². The fraction of sp³-hybridized carbons (Fsp3) is 0.444. The Morgan fingerprint density at radius 1 is 1.58 bits per heavy atom. The lowest BCUT2D eigenvalue weighted by Gasteiger charge is -2.25. The molecule has 66 valence electrons. The largest absolute Gasteiger partial charge is 0.378 e. The van der Waals surface area contributed by atoms with E-state index >= 15 is 0 Å². The van der Waals surface area contributed by atoms with E-state index in [2.05, 4.69) is 24.1 Å². The van der Waals surface area contributed by atoms with Crippen molar-refractivity contribution in [1.29, 1.82) is 0 Å². The highest BCUT2D eigenvalue weighted by molar-refractivity contribution is 5.42. The van der Waals surface area contributed by atoms with E-state index in [1.807, 2.05) is 12.1 Å². The predicted molar refractivity (Wildman–Crippen MR) is 51.0 cm³/mol. The van der Waals surface area contributed by atoms with Crippen molar-refractivity contribution in [3.05, 3.63) is 24.5 Å². The van der Waals surface area contributed by atoms with Crippen molar-refractivity contribution < 1.29 is 0 Å². The van der Waals surface area contributed by atoms with Crippen molar-refractivity contribution in [2.24, 2.45) is 5.73 Å². The molecule has 12 heavy (non-hydrogen) atoms. The van der Waals surface area contributed by atoms with Gasteiger partial charge in [0.15, 0.2) is 0 Å². The molecule has 1 rings (SSSR count). The molecule has 0 aliphatic carbocycles. The Morgan fingerprint density at radius 3 is 2.83 bits per heavy atom. The van der Waals surface area contributed by atoms with Gasteiger partial charge in [-0.15, -0.1) is 0 Å². The van der Waals surface area contributed by atoms with E-state index in [0.717, 1.165) is 5.69 Å². The van der Waals surface area contributed by atoms with Gasteiger partial charge in [0.25, 0.3) is 0 Å². The van der Waals surface area contributed by atoms with Gasteiger partial charge in [0.05, 0.1) is 5.69 Å². The number of anilines is 1. The molecule has 3 heteroatoms. The number of hydrogen-bond donors (Lipinski definition) is 2. The normalized spacial score (nSPS) is 11.2. The lowest BCUT2D eigenvalue weighted by atomic mass is 10.1. The Kier molecular flexibility index (Phi) is 2.65. The van der Waals surface area contributed by atoms with E-state index < -0.39 is 0 Å². The Balaban J connectivity index is 2.64. The number of pyridine rings is 1. The van der Waals surface area contributed by atoms with Gasteiger partial charge in [-0.2, -0.15) is 0 Å². The van der Waals surface area contributed by atoms with Crippen molar-refractivity contribution in [2.45, 2.75) is 19.4 Å². The minimum Gasteiger partial charge on any atom is -0.378 e. The third-order valence-corrected chi connectivity index (χ3v) is 1.65. The molecule has 0 bridgehead atoms.